The van der Waals surface area contributed by atoms with E-state index < -0.39 is 125 Å². The minimum absolute atomic E-state index is 0.00113. The maximum Gasteiger partial charge on any atom is 0.262 e. The van der Waals surface area contributed by atoms with Gasteiger partial charge in [0.05, 0.1) is 15.8 Å². The van der Waals surface area contributed by atoms with Gasteiger partial charge in [0.25, 0.3) is 5.91 Å². The van der Waals surface area contributed by atoms with Gasteiger partial charge in [0, 0.05) is 41.7 Å². The number of amides is 10. The van der Waals surface area contributed by atoms with Crippen LogP contribution in [0, 0.1) is 37.5 Å². The Labute approximate surface area is 554 Å². The lowest BCUT2D eigenvalue weighted by Gasteiger charge is -2.33. The molecule has 93 heavy (non-hydrogen) atoms. The van der Waals surface area contributed by atoms with Crippen molar-refractivity contribution < 1.29 is 52.7 Å². The van der Waals surface area contributed by atoms with Crippen LogP contribution in [0.3, 0.4) is 0 Å². The van der Waals surface area contributed by atoms with Crippen molar-refractivity contribution in [1.82, 2.24) is 52.3 Å². The number of aryl methyl sites for hydroxylation is 2. The number of fused-ring (bicyclic) bond motifs is 8. The van der Waals surface area contributed by atoms with Crippen molar-refractivity contribution in [3.63, 3.8) is 0 Å². The molecule has 9 atom stereocenters. The van der Waals surface area contributed by atoms with Gasteiger partial charge in [0.1, 0.15) is 48.3 Å². The van der Waals surface area contributed by atoms with Gasteiger partial charge in [0.2, 0.25) is 53.2 Å². The fourth-order valence-corrected chi connectivity index (χ4v) is 14.7. The van der Waals surface area contributed by atoms with Gasteiger partial charge in [-0.1, -0.05) is 85.7 Å². The number of hydrogen-bond donors (Lipinski definition) is 10. The van der Waals surface area contributed by atoms with Gasteiger partial charge >= 0.3 is 0 Å². The van der Waals surface area contributed by atoms with Crippen LogP contribution in [0.5, 0.6) is 0 Å². The summed E-state index contributed by atoms with van der Waals surface area (Å²) in [6.07, 6.45) is 4.54. The fourth-order valence-electron chi connectivity index (χ4n) is 12.7. The molecule has 0 spiro atoms. The van der Waals surface area contributed by atoms with Crippen LogP contribution in [-0.2, 0) is 49.6 Å². The number of ketones is 1. The second kappa shape index (κ2) is 33.7. The highest BCUT2D eigenvalue weighted by molar-refractivity contribution is 7.14. The lowest BCUT2D eigenvalue weighted by Crippen LogP contribution is -2.61. The van der Waals surface area contributed by atoms with E-state index in [1.165, 1.54) is 27.6 Å². The maximum absolute atomic E-state index is 15.0. The fraction of sp³-hybridized carbons (Fsp3) is 0.603. The summed E-state index contributed by atoms with van der Waals surface area (Å²) in [7, 11) is 0. The van der Waals surface area contributed by atoms with Gasteiger partial charge in [-0.05, 0) is 162 Å². The van der Waals surface area contributed by atoms with Crippen LogP contribution in [0.4, 0.5) is 0 Å². The first-order chi connectivity index (χ1) is 44.2. The van der Waals surface area contributed by atoms with E-state index in [4.69, 9.17) is 11.5 Å². The summed E-state index contributed by atoms with van der Waals surface area (Å²) in [5.74, 6) is -8.03. The number of benzene rings is 1. The van der Waals surface area contributed by atoms with Gasteiger partial charge in [-0.3, -0.25) is 52.7 Å². The summed E-state index contributed by atoms with van der Waals surface area (Å²) in [5.41, 5.74) is 16.4. The summed E-state index contributed by atoms with van der Waals surface area (Å²) in [6, 6.07) is 2.32. The summed E-state index contributed by atoms with van der Waals surface area (Å²) < 4.78 is 0. The number of hydrogen-bond acceptors (Lipinski definition) is 15. The quantitative estimate of drug-likeness (QED) is 0.0999. The van der Waals surface area contributed by atoms with E-state index in [1.807, 2.05) is 26.0 Å². The van der Waals surface area contributed by atoms with Gasteiger partial charge in [-0.2, -0.15) is 0 Å². The van der Waals surface area contributed by atoms with Crippen molar-refractivity contribution in [3.05, 3.63) is 78.7 Å². The van der Waals surface area contributed by atoms with Gasteiger partial charge in [-0.15, -0.1) is 22.7 Å². The molecule has 7 rings (SSSR count). The normalized spacial score (nSPS) is 24.8. The van der Waals surface area contributed by atoms with Crippen LogP contribution >= 0.6 is 22.7 Å². The molecule has 3 aliphatic heterocycles. The molecule has 0 unspecified atom stereocenters. The third-order valence-electron chi connectivity index (χ3n) is 18.0. The molecule has 0 radical (unpaired) electrons. The Morgan fingerprint density at radius 3 is 1.54 bits per heavy atom. The molecule has 2 fully saturated rings. The molecule has 3 aromatic rings. The SMILES string of the molecule is Cc1sc2cc1C1=C(CCC1)c1cc(sc1C)C(=O)[C@H]1CCCN1C(=O)[C@H](C(C)C)NC(=O)[C@@H](CCCN)NC(=O)[C@@H](C(C)C)NC(=O)[C@@H]1CCCN1C(=O)[C@@H](Cc1ccccc1)NC(=O)[C@H](C(C)C)NC(=O)[C@@H](CCCN)NC(=O)[C@H](CCNC(=O)C(C)C)NC2=O. The van der Waals surface area contributed by atoms with Crippen LogP contribution in [0.25, 0.3) is 11.1 Å². The highest BCUT2D eigenvalue weighted by atomic mass is 32.1. The lowest BCUT2D eigenvalue weighted by atomic mass is 9.96. The number of nitrogens with zero attached hydrogens (tertiary/aromatic N) is 2. The van der Waals surface area contributed by atoms with Crippen molar-refractivity contribution in [2.75, 3.05) is 32.7 Å². The van der Waals surface area contributed by atoms with E-state index in [0.717, 1.165) is 38.4 Å². The van der Waals surface area contributed by atoms with E-state index in [2.05, 4.69) is 42.5 Å². The Hall–Kier alpha value is -7.35. The monoisotopic (exact) mass is 1320 g/mol. The number of Topliss-reactive ketones (excluding diaryl/α,β-unsaturated/α-hetero) is 1. The third-order valence-corrected chi connectivity index (χ3v) is 20.1. The average Bonchev–Trinajstić information content (AvgIpc) is 1.66. The highest BCUT2D eigenvalue weighted by Crippen LogP contribution is 2.45. The van der Waals surface area contributed by atoms with E-state index in [1.54, 1.807) is 90.6 Å². The van der Waals surface area contributed by atoms with Gasteiger partial charge in [0.15, 0.2) is 5.78 Å². The topological polar surface area (TPSA) is 343 Å². The molecular formula is C68H98N12O11S2. The molecule has 12 N–H and O–H groups in total. The Kier molecular flexibility index (Phi) is 26.4. The molecule has 25 heteroatoms. The number of thiophene rings is 2. The summed E-state index contributed by atoms with van der Waals surface area (Å²) in [4.78, 5) is 165. The molecular weight excluding hydrogens is 1220 g/mol. The summed E-state index contributed by atoms with van der Waals surface area (Å²) in [5, 5.41) is 22.9. The molecule has 0 saturated carbocycles. The third kappa shape index (κ3) is 18.5. The smallest absolute Gasteiger partial charge is 0.262 e. The zero-order valence-corrected chi connectivity index (χ0v) is 57.3. The van der Waals surface area contributed by atoms with Crippen LogP contribution < -0.4 is 54.0 Å². The Morgan fingerprint density at radius 1 is 0.538 bits per heavy atom. The molecule has 1 aliphatic carbocycles. The first kappa shape index (κ1) is 73.1. The second-order valence-corrected chi connectivity index (χ2v) is 28.9. The van der Waals surface area contributed by atoms with Crippen LogP contribution in [0.15, 0.2) is 42.5 Å². The zero-order chi connectivity index (χ0) is 68.0. The minimum Gasteiger partial charge on any atom is -0.356 e. The van der Waals surface area contributed by atoms with Gasteiger partial charge in [-0.25, -0.2) is 0 Å². The van der Waals surface area contributed by atoms with Gasteiger partial charge < -0.3 is 63.8 Å². The van der Waals surface area contributed by atoms with E-state index >= 15 is 4.79 Å². The number of allylic oxidation sites excluding steroid dienone is 2. The predicted molar refractivity (Wildman–Crippen MR) is 359 cm³/mol. The molecule has 508 valence electrons. The lowest BCUT2D eigenvalue weighted by molar-refractivity contribution is -0.143. The van der Waals surface area contributed by atoms with Crippen molar-refractivity contribution in [2.24, 2.45) is 35.1 Å². The Bertz CT molecular complexity index is 3250. The first-order valence-electron chi connectivity index (χ1n) is 33.2. The second-order valence-electron chi connectivity index (χ2n) is 26.4. The molecule has 4 aliphatic rings. The summed E-state index contributed by atoms with van der Waals surface area (Å²) >= 11 is 2.62. The number of rotatable bonds is 15. The Balaban J connectivity index is 1.27. The highest BCUT2D eigenvalue weighted by Gasteiger charge is 2.44. The van der Waals surface area contributed by atoms with Crippen molar-refractivity contribution >= 4 is 98.7 Å². The summed E-state index contributed by atoms with van der Waals surface area (Å²) in [6.45, 7) is 18.6. The number of nitrogens with two attached hydrogens (primary N) is 2. The number of nitrogens with one attached hydrogen (secondary N) is 8. The van der Waals surface area contributed by atoms with E-state index in [9.17, 15) is 47.9 Å². The molecule has 10 amide bonds. The molecule has 5 heterocycles. The van der Waals surface area contributed by atoms with E-state index in [0.29, 0.717) is 53.8 Å². The Morgan fingerprint density at radius 2 is 1.00 bits per heavy atom. The molecule has 1 aromatic carbocycles. The standard InChI is InChI=1S/C68H98N12O11S2/c1-36(2)55-66(89)75-50(33-42-19-12-11-13-20-42)67(90)80-32-18-26-52(80)63(86)77-56(37(3)4)65(88)74-48(24-16-29-70)62(85)78-57(38(5)6)68(91)79-31-17-25-51(79)58(81)53-34-45(40(9)92-53)43-21-14-22-44(43)46-35-54(93-41(46)10)64(87)73-49(27-30-71-59(82)39(7)8)60(83)72-47(23-15-28-69)61(84)76-55/h11-13,19-20,34-39,47-52,55-57H,14-18,21-33,69-70H2,1-10H3,(H,71,82)(H,72,83)(H,73,87)(H,74,88)(H,75,89)(H,76,84)(H,77,86)(H,78,85)/t47-,48-,49+,50-,51-,52+,55+,56-,57+/m1/s1. The first-order valence-corrected chi connectivity index (χ1v) is 34.8. The minimum atomic E-state index is -1.26. The average molecular weight is 1320 g/mol. The van der Waals surface area contributed by atoms with Crippen molar-refractivity contribution in [1.29, 1.82) is 0 Å². The van der Waals surface area contributed by atoms with Crippen LogP contribution in [-0.4, -0.2) is 162 Å². The molecule has 2 aromatic heterocycles. The molecule has 4 bridgehead atoms. The molecule has 23 nitrogen and oxygen atoms in total. The predicted octanol–water partition coefficient (Wildman–Crippen LogP) is 4.56. The van der Waals surface area contributed by atoms with Crippen molar-refractivity contribution in [3.8, 4) is 0 Å². The maximum atomic E-state index is 15.0. The largest absolute Gasteiger partial charge is 0.356 e. The number of carbonyl (C=O) groups is 11. The van der Waals surface area contributed by atoms with Crippen molar-refractivity contribution in [2.45, 2.75) is 207 Å². The van der Waals surface area contributed by atoms with E-state index in [-0.39, 0.29) is 88.9 Å². The number of carbonyl (C=O) groups excluding carboxylic acids is 11. The zero-order valence-electron chi connectivity index (χ0n) is 55.6. The van der Waals surface area contributed by atoms with Crippen LogP contribution in [0.1, 0.15) is 178 Å². The molecule has 2 saturated heterocycles. The van der Waals surface area contributed by atoms with Crippen LogP contribution in [0.2, 0.25) is 0 Å².